The number of carboxylic acid groups (broad SMARTS) is 1. The third-order valence-corrected chi connectivity index (χ3v) is 3.20. The third-order valence-electron chi connectivity index (χ3n) is 3.20. The summed E-state index contributed by atoms with van der Waals surface area (Å²) in [6, 6.07) is 3.34. The predicted molar refractivity (Wildman–Crippen MR) is 64.4 cm³/mol. The van der Waals surface area contributed by atoms with Gasteiger partial charge in [-0.15, -0.1) is 0 Å². The molecular formula is C13H14FNO3. The van der Waals surface area contributed by atoms with Gasteiger partial charge in [0.05, 0.1) is 5.69 Å². The van der Waals surface area contributed by atoms with Crippen molar-refractivity contribution in [2.45, 2.75) is 25.8 Å². The first-order valence-corrected chi connectivity index (χ1v) is 5.80. The van der Waals surface area contributed by atoms with Crippen LogP contribution in [-0.2, 0) is 4.79 Å². The van der Waals surface area contributed by atoms with E-state index in [1.54, 1.807) is 0 Å². The lowest BCUT2D eigenvalue weighted by Crippen LogP contribution is -2.36. The van der Waals surface area contributed by atoms with Gasteiger partial charge in [0, 0.05) is 12.1 Å². The number of carbonyl (C=O) groups excluding carboxylic acids is 1. The zero-order valence-corrected chi connectivity index (χ0v) is 10.0. The van der Waals surface area contributed by atoms with Gasteiger partial charge < -0.3 is 10.0 Å². The smallest absolute Gasteiger partial charge is 0.326 e. The Hall–Kier alpha value is -1.91. The summed E-state index contributed by atoms with van der Waals surface area (Å²) in [5, 5.41) is 9.08. The van der Waals surface area contributed by atoms with Crippen LogP contribution in [0.15, 0.2) is 18.2 Å². The van der Waals surface area contributed by atoms with Crippen LogP contribution in [0.25, 0.3) is 0 Å². The lowest BCUT2D eigenvalue weighted by Gasteiger charge is -2.24. The maximum absolute atomic E-state index is 13.8. The number of aliphatic carboxylic acids is 1. The van der Waals surface area contributed by atoms with Crippen LogP contribution in [0.1, 0.15) is 30.1 Å². The first-order chi connectivity index (χ1) is 8.50. The van der Waals surface area contributed by atoms with Crippen molar-refractivity contribution in [2.24, 2.45) is 0 Å². The number of carbonyl (C=O) groups is 2. The van der Waals surface area contributed by atoms with Gasteiger partial charge in [0.2, 0.25) is 0 Å². The molecule has 1 aliphatic rings. The van der Waals surface area contributed by atoms with E-state index >= 15 is 0 Å². The molecule has 5 heteroatoms. The number of halogens is 1. The minimum Gasteiger partial charge on any atom is -0.480 e. The quantitative estimate of drug-likeness (QED) is 0.836. The van der Waals surface area contributed by atoms with Gasteiger partial charge in [0.25, 0.3) is 0 Å². The Bertz CT molecular complexity index is 501. The van der Waals surface area contributed by atoms with Crippen molar-refractivity contribution >= 4 is 17.4 Å². The van der Waals surface area contributed by atoms with Crippen LogP contribution in [0.4, 0.5) is 10.1 Å². The van der Waals surface area contributed by atoms with Crippen LogP contribution >= 0.6 is 0 Å². The molecule has 0 aliphatic carbocycles. The molecule has 1 aromatic carbocycles. The van der Waals surface area contributed by atoms with Crippen LogP contribution in [0.5, 0.6) is 0 Å². The van der Waals surface area contributed by atoms with E-state index in [1.165, 1.54) is 30.0 Å². The second kappa shape index (κ2) is 4.76. The van der Waals surface area contributed by atoms with Crippen LogP contribution in [0, 0.1) is 5.82 Å². The van der Waals surface area contributed by atoms with Gasteiger partial charge in [0.1, 0.15) is 11.9 Å². The summed E-state index contributed by atoms with van der Waals surface area (Å²) >= 11 is 0. The molecule has 2 rings (SSSR count). The Kier molecular flexibility index (Phi) is 3.32. The molecule has 4 nitrogen and oxygen atoms in total. The predicted octanol–water partition coefficient (Wildman–Crippen LogP) is 2.08. The Morgan fingerprint density at radius 1 is 1.44 bits per heavy atom. The fraction of sp³-hybridized carbons (Fsp3) is 0.385. The average Bonchev–Trinajstić information content (AvgIpc) is 2.78. The van der Waals surface area contributed by atoms with Crippen LogP contribution in [-0.4, -0.2) is 29.4 Å². The zero-order valence-electron chi connectivity index (χ0n) is 10.0. The second-order valence-corrected chi connectivity index (χ2v) is 4.41. The van der Waals surface area contributed by atoms with Gasteiger partial charge in [-0.3, -0.25) is 4.79 Å². The fourth-order valence-corrected chi connectivity index (χ4v) is 2.26. The molecule has 0 aromatic heterocycles. The summed E-state index contributed by atoms with van der Waals surface area (Å²) in [5.74, 6) is -1.62. The number of anilines is 1. The summed E-state index contributed by atoms with van der Waals surface area (Å²) < 4.78 is 13.8. The SMILES string of the molecule is CC(=O)c1ccc(F)c(N2CCCC2C(=O)O)c1. The van der Waals surface area contributed by atoms with E-state index in [4.69, 9.17) is 5.11 Å². The molecule has 96 valence electrons. The molecule has 1 aromatic rings. The lowest BCUT2D eigenvalue weighted by atomic mass is 10.1. The molecular weight excluding hydrogens is 237 g/mol. The Balaban J connectivity index is 2.40. The number of rotatable bonds is 3. The number of benzene rings is 1. The maximum Gasteiger partial charge on any atom is 0.326 e. The molecule has 0 bridgehead atoms. The summed E-state index contributed by atoms with van der Waals surface area (Å²) in [6.07, 6.45) is 1.21. The molecule has 1 N–H and O–H groups in total. The number of hydrogen-bond acceptors (Lipinski definition) is 3. The molecule has 1 saturated heterocycles. The van der Waals surface area contributed by atoms with Crippen molar-refractivity contribution in [3.8, 4) is 0 Å². The third kappa shape index (κ3) is 2.20. The fourth-order valence-electron chi connectivity index (χ4n) is 2.26. The maximum atomic E-state index is 13.8. The summed E-state index contributed by atoms with van der Waals surface area (Å²) in [7, 11) is 0. The number of Topliss-reactive ketones (excluding diaryl/α,β-unsaturated/α-hetero) is 1. The van der Waals surface area contributed by atoms with Crippen LogP contribution < -0.4 is 4.90 Å². The van der Waals surface area contributed by atoms with E-state index in [2.05, 4.69) is 0 Å². The Labute approximate surface area is 104 Å². The Morgan fingerprint density at radius 2 is 2.17 bits per heavy atom. The van der Waals surface area contributed by atoms with Gasteiger partial charge in [-0.25, -0.2) is 9.18 Å². The van der Waals surface area contributed by atoms with E-state index in [-0.39, 0.29) is 11.5 Å². The minimum atomic E-state index is -0.958. The van der Waals surface area contributed by atoms with Crippen LogP contribution in [0.3, 0.4) is 0 Å². The van der Waals surface area contributed by atoms with Crippen molar-refractivity contribution in [3.05, 3.63) is 29.6 Å². The second-order valence-electron chi connectivity index (χ2n) is 4.41. The topological polar surface area (TPSA) is 57.6 Å². The van der Waals surface area contributed by atoms with Gasteiger partial charge >= 0.3 is 5.97 Å². The summed E-state index contributed by atoms with van der Waals surface area (Å²) in [4.78, 5) is 23.9. The van der Waals surface area contributed by atoms with Gasteiger partial charge in [0.15, 0.2) is 5.78 Å². The van der Waals surface area contributed by atoms with E-state index in [9.17, 15) is 14.0 Å². The largest absolute Gasteiger partial charge is 0.480 e. The molecule has 0 radical (unpaired) electrons. The lowest BCUT2D eigenvalue weighted by molar-refractivity contribution is -0.138. The standard InChI is InChI=1S/C13H14FNO3/c1-8(16)9-4-5-10(14)12(7-9)15-6-2-3-11(15)13(17)18/h4-5,7,11H,2-3,6H2,1H3,(H,17,18). The molecule has 0 amide bonds. The van der Waals surface area contributed by atoms with Crippen molar-refractivity contribution in [3.63, 3.8) is 0 Å². The zero-order chi connectivity index (χ0) is 13.3. The van der Waals surface area contributed by atoms with Crippen molar-refractivity contribution in [1.82, 2.24) is 0 Å². The van der Waals surface area contributed by atoms with Gasteiger partial charge in [-0.1, -0.05) is 0 Å². The van der Waals surface area contributed by atoms with E-state index in [1.807, 2.05) is 0 Å². The number of carboxylic acids is 1. The average molecular weight is 251 g/mol. The highest BCUT2D eigenvalue weighted by atomic mass is 19.1. The summed E-state index contributed by atoms with van der Waals surface area (Å²) in [6.45, 7) is 1.89. The molecule has 1 unspecified atom stereocenters. The number of hydrogen-bond donors (Lipinski definition) is 1. The van der Waals surface area contributed by atoms with Crippen molar-refractivity contribution < 1.29 is 19.1 Å². The minimum absolute atomic E-state index is 0.165. The first kappa shape index (κ1) is 12.5. The van der Waals surface area contributed by atoms with Gasteiger partial charge in [-0.2, -0.15) is 0 Å². The molecule has 1 atom stereocenters. The number of ketones is 1. The number of nitrogens with zero attached hydrogens (tertiary/aromatic N) is 1. The molecule has 1 fully saturated rings. The normalized spacial score (nSPS) is 19.0. The monoisotopic (exact) mass is 251 g/mol. The first-order valence-electron chi connectivity index (χ1n) is 5.80. The van der Waals surface area contributed by atoms with E-state index < -0.39 is 17.8 Å². The highest BCUT2D eigenvalue weighted by Crippen LogP contribution is 2.29. The van der Waals surface area contributed by atoms with Crippen LogP contribution in [0.2, 0.25) is 0 Å². The van der Waals surface area contributed by atoms with E-state index in [0.717, 1.165) is 0 Å². The summed E-state index contributed by atoms with van der Waals surface area (Å²) in [5.41, 5.74) is 0.593. The molecule has 0 saturated carbocycles. The van der Waals surface area contributed by atoms with Crippen molar-refractivity contribution in [1.29, 1.82) is 0 Å². The van der Waals surface area contributed by atoms with Gasteiger partial charge in [-0.05, 0) is 38.0 Å². The van der Waals surface area contributed by atoms with Crippen molar-refractivity contribution in [2.75, 3.05) is 11.4 Å². The highest BCUT2D eigenvalue weighted by Gasteiger charge is 2.32. The van der Waals surface area contributed by atoms with E-state index in [0.29, 0.717) is 24.9 Å². The molecule has 1 aliphatic heterocycles. The Morgan fingerprint density at radius 3 is 2.78 bits per heavy atom. The molecule has 0 spiro atoms. The molecule has 1 heterocycles. The highest BCUT2D eigenvalue weighted by molar-refractivity contribution is 5.95. The molecule has 18 heavy (non-hydrogen) atoms.